The van der Waals surface area contributed by atoms with Crippen LogP contribution in [0.15, 0.2) is 21.7 Å². The predicted octanol–water partition coefficient (Wildman–Crippen LogP) is 0.954. The third-order valence-corrected chi connectivity index (χ3v) is 6.26. The monoisotopic (exact) mass is 367 g/mol. The predicted molar refractivity (Wildman–Crippen MR) is 90.0 cm³/mol. The summed E-state index contributed by atoms with van der Waals surface area (Å²) in [5.41, 5.74) is 0. The number of thiophene rings is 1. The highest BCUT2D eigenvalue weighted by atomic mass is 35.5. The van der Waals surface area contributed by atoms with Crippen LogP contribution in [-0.4, -0.2) is 40.5 Å². The number of amides is 1. The highest BCUT2D eigenvalue weighted by Crippen LogP contribution is 2.15. The van der Waals surface area contributed by atoms with E-state index in [1.807, 2.05) is 0 Å². The SMILES string of the molecule is Cl.O=C(CNS(=O)(=O)c1cccs1)NCCC1CCCNC1. The van der Waals surface area contributed by atoms with Crippen LogP contribution in [0.1, 0.15) is 19.3 Å². The first kappa shape index (κ1) is 19.4. The molecule has 1 aromatic heterocycles. The maximum atomic E-state index is 11.8. The lowest BCUT2D eigenvalue weighted by atomic mass is 9.96. The molecule has 1 fully saturated rings. The molecule has 0 saturated carbocycles. The van der Waals surface area contributed by atoms with Crippen molar-refractivity contribution in [1.29, 1.82) is 0 Å². The number of rotatable bonds is 7. The summed E-state index contributed by atoms with van der Waals surface area (Å²) < 4.78 is 26.2. The molecule has 1 amide bonds. The zero-order valence-electron chi connectivity index (χ0n) is 12.2. The van der Waals surface area contributed by atoms with Crippen LogP contribution in [0.25, 0.3) is 0 Å². The second kappa shape index (κ2) is 9.46. The Kier molecular flexibility index (Phi) is 8.34. The van der Waals surface area contributed by atoms with Gasteiger partial charge in [-0.05, 0) is 49.7 Å². The van der Waals surface area contributed by atoms with Gasteiger partial charge >= 0.3 is 0 Å². The molecule has 126 valence electrons. The minimum absolute atomic E-state index is 0. The van der Waals surface area contributed by atoms with Crippen molar-refractivity contribution in [2.45, 2.75) is 23.5 Å². The fourth-order valence-corrected chi connectivity index (χ4v) is 4.32. The third kappa shape index (κ3) is 6.21. The van der Waals surface area contributed by atoms with Crippen LogP contribution in [0, 0.1) is 5.92 Å². The Hall–Kier alpha value is -0.670. The largest absolute Gasteiger partial charge is 0.355 e. The minimum atomic E-state index is -3.56. The Morgan fingerprint density at radius 2 is 2.27 bits per heavy atom. The number of sulfonamides is 1. The molecule has 1 aliphatic rings. The molecular formula is C13H22ClN3O3S2. The second-order valence-electron chi connectivity index (χ2n) is 5.11. The Morgan fingerprint density at radius 1 is 1.45 bits per heavy atom. The lowest BCUT2D eigenvalue weighted by molar-refractivity contribution is -0.120. The van der Waals surface area contributed by atoms with Crippen LogP contribution < -0.4 is 15.4 Å². The van der Waals surface area contributed by atoms with Crippen LogP contribution in [-0.2, 0) is 14.8 Å². The molecule has 1 atom stereocenters. The van der Waals surface area contributed by atoms with Crippen LogP contribution in [0.3, 0.4) is 0 Å². The summed E-state index contributed by atoms with van der Waals surface area (Å²) in [6, 6.07) is 3.18. The molecule has 1 aromatic rings. The van der Waals surface area contributed by atoms with Gasteiger partial charge in [0.15, 0.2) is 0 Å². The van der Waals surface area contributed by atoms with Gasteiger partial charge in [0, 0.05) is 6.54 Å². The number of hydrogen-bond acceptors (Lipinski definition) is 5. The molecule has 2 rings (SSSR count). The smallest absolute Gasteiger partial charge is 0.250 e. The van der Waals surface area contributed by atoms with E-state index in [0.29, 0.717) is 12.5 Å². The number of nitrogens with one attached hydrogen (secondary N) is 3. The number of hydrogen-bond donors (Lipinski definition) is 3. The molecule has 1 aliphatic heterocycles. The summed E-state index contributed by atoms with van der Waals surface area (Å²) in [6.07, 6.45) is 3.30. The minimum Gasteiger partial charge on any atom is -0.355 e. The molecule has 22 heavy (non-hydrogen) atoms. The van der Waals surface area contributed by atoms with Gasteiger partial charge in [-0.25, -0.2) is 13.1 Å². The summed E-state index contributed by atoms with van der Waals surface area (Å²) in [5, 5.41) is 7.78. The highest BCUT2D eigenvalue weighted by molar-refractivity contribution is 7.91. The molecule has 0 aliphatic carbocycles. The van der Waals surface area contributed by atoms with E-state index in [9.17, 15) is 13.2 Å². The quantitative estimate of drug-likeness (QED) is 0.669. The standard InChI is InChI=1S/C13H21N3O3S2.ClH/c17-12(15-7-5-11-3-1-6-14-9-11)10-16-21(18,19)13-4-2-8-20-13;/h2,4,8,11,14,16H,1,3,5-7,9-10H2,(H,15,17);1H. The summed E-state index contributed by atoms with van der Waals surface area (Å²) in [5.74, 6) is 0.306. The van der Waals surface area contributed by atoms with Crippen LogP contribution >= 0.6 is 23.7 Å². The molecule has 3 N–H and O–H groups in total. The Labute approximate surface area is 141 Å². The lowest BCUT2D eigenvalue weighted by Crippen LogP contribution is -2.38. The molecular weight excluding hydrogens is 346 g/mol. The molecule has 1 unspecified atom stereocenters. The first-order valence-electron chi connectivity index (χ1n) is 7.08. The Bertz CT molecular complexity index is 543. The van der Waals surface area contributed by atoms with Crippen LogP contribution in [0.4, 0.5) is 0 Å². The first-order valence-corrected chi connectivity index (χ1v) is 9.45. The van der Waals surface area contributed by atoms with Gasteiger partial charge < -0.3 is 10.6 Å². The Balaban J connectivity index is 0.00000242. The van der Waals surface area contributed by atoms with E-state index in [4.69, 9.17) is 0 Å². The van der Waals surface area contributed by atoms with E-state index in [2.05, 4.69) is 15.4 Å². The van der Waals surface area contributed by atoms with Gasteiger partial charge in [-0.3, -0.25) is 4.79 Å². The van der Waals surface area contributed by atoms with E-state index in [1.165, 1.54) is 18.9 Å². The summed E-state index contributed by atoms with van der Waals surface area (Å²) >= 11 is 1.13. The number of carbonyl (C=O) groups is 1. The molecule has 9 heteroatoms. The third-order valence-electron chi connectivity index (χ3n) is 3.46. The fourth-order valence-electron chi connectivity index (χ4n) is 2.30. The average Bonchev–Trinajstić information content (AvgIpc) is 3.01. The molecule has 1 saturated heterocycles. The number of piperidine rings is 1. The molecule has 0 radical (unpaired) electrons. The van der Waals surface area contributed by atoms with E-state index < -0.39 is 10.0 Å². The molecule has 0 aromatic carbocycles. The zero-order chi connectivity index (χ0) is 15.1. The van der Waals surface area contributed by atoms with Crippen molar-refractivity contribution in [3.63, 3.8) is 0 Å². The van der Waals surface area contributed by atoms with E-state index in [0.717, 1.165) is 30.8 Å². The fraction of sp³-hybridized carbons (Fsp3) is 0.615. The first-order chi connectivity index (χ1) is 10.1. The second-order valence-corrected chi connectivity index (χ2v) is 8.05. The number of halogens is 1. The van der Waals surface area contributed by atoms with Gasteiger partial charge in [0.2, 0.25) is 5.91 Å². The van der Waals surface area contributed by atoms with E-state index >= 15 is 0 Å². The highest BCUT2D eigenvalue weighted by Gasteiger charge is 2.17. The van der Waals surface area contributed by atoms with Gasteiger partial charge in [0.25, 0.3) is 10.0 Å². The maximum Gasteiger partial charge on any atom is 0.250 e. The van der Waals surface area contributed by atoms with Crippen LogP contribution in [0.2, 0.25) is 0 Å². The van der Waals surface area contributed by atoms with Gasteiger partial charge in [-0.1, -0.05) is 6.07 Å². The van der Waals surface area contributed by atoms with Crippen molar-refractivity contribution in [2.24, 2.45) is 5.92 Å². The summed E-state index contributed by atoms with van der Waals surface area (Å²) in [6.45, 7) is 2.45. The Morgan fingerprint density at radius 3 is 2.91 bits per heavy atom. The van der Waals surface area contributed by atoms with Crippen molar-refractivity contribution in [3.8, 4) is 0 Å². The van der Waals surface area contributed by atoms with Crippen molar-refractivity contribution in [1.82, 2.24) is 15.4 Å². The van der Waals surface area contributed by atoms with Gasteiger partial charge in [0.1, 0.15) is 4.21 Å². The zero-order valence-corrected chi connectivity index (χ0v) is 14.7. The van der Waals surface area contributed by atoms with Crippen LogP contribution in [0.5, 0.6) is 0 Å². The van der Waals surface area contributed by atoms with Gasteiger partial charge in [0.05, 0.1) is 6.54 Å². The molecule has 6 nitrogen and oxygen atoms in total. The lowest BCUT2D eigenvalue weighted by Gasteiger charge is -2.22. The summed E-state index contributed by atoms with van der Waals surface area (Å²) in [4.78, 5) is 11.7. The summed E-state index contributed by atoms with van der Waals surface area (Å²) in [7, 11) is -3.56. The topological polar surface area (TPSA) is 87.3 Å². The molecule has 0 bridgehead atoms. The number of carbonyl (C=O) groups excluding carboxylic acids is 1. The van der Waals surface area contributed by atoms with Crippen molar-refractivity contribution in [3.05, 3.63) is 17.5 Å². The van der Waals surface area contributed by atoms with Crippen molar-refractivity contribution >= 4 is 39.7 Å². The molecule has 0 spiro atoms. The van der Waals surface area contributed by atoms with Gasteiger partial charge in [-0.2, -0.15) is 0 Å². The van der Waals surface area contributed by atoms with Crippen molar-refractivity contribution < 1.29 is 13.2 Å². The maximum absolute atomic E-state index is 11.8. The van der Waals surface area contributed by atoms with E-state index in [1.54, 1.807) is 11.4 Å². The van der Waals surface area contributed by atoms with E-state index in [-0.39, 0.29) is 29.1 Å². The average molecular weight is 368 g/mol. The van der Waals surface area contributed by atoms with Crippen molar-refractivity contribution in [2.75, 3.05) is 26.2 Å². The normalized spacial score (nSPS) is 18.5. The van der Waals surface area contributed by atoms with Gasteiger partial charge in [-0.15, -0.1) is 23.7 Å². The molecule has 2 heterocycles.